The van der Waals surface area contributed by atoms with Gasteiger partial charge in [0.15, 0.2) is 0 Å². The number of nitrogens with one attached hydrogen (secondary N) is 2. The predicted octanol–water partition coefficient (Wildman–Crippen LogP) is 4.88. The Morgan fingerprint density at radius 3 is 2.49 bits per heavy atom. The van der Waals surface area contributed by atoms with Gasteiger partial charge < -0.3 is 20.3 Å². The van der Waals surface area contributed by atoms with Crippen molar-refractivity contribution in [2.45, 2.75) is 45.6 Å². The van der Waals surface area contributed by atoms with E-state index in [4.69, 9.17) is 9.72 Å². The zero-order valence-corrected chi connectivity index (χ0v) is 25.1. The summed E-state index contributed by atoms with van der Waals surface area (Å²) in [5.41, 5.74) is 2.57. The molecule has 1 aliphatic heterocycles. The molecule has 1 unspecified atom stereocenters. The molecule has 1 saturated carbocycles. The molecule has 0 bridgehead atoms. The third-order valence-corrected chi connectivity index (χ3v) is 8.65. The highest BCUT2D eigenvalue weighted by Crippen LogP contribution is 2.51. The van der Waals surface area contributed by atoms with Gasteiger partial charge in [-0.1, -0.05) is 49.4 Å². The van der Waals surface area contributed by atoms with Crippen LogP contribution in [0.4, 0.5) is 5.13 Å². The van der Waals surface area contributed by atoms with Gasteiger partial charge in [-0.05, 0) is 44.0 Å². The number of hydrogen-bond acceptors (Lipinski definition) is 9. The highest BCUT2D eigenvalue weighted by Gasteiger charge is 2.45. The average molecular weight is 598 g/mol. The number of ether oxygens (including phenoxy) is 1. The van der Waals surface area contributed by atoms with Crippen molar-refractivity contribution in [1.82, 2.24) is 30.4 Å². The zero-order chi connectivity index (χ0) is 30.3. The van der Waals surface area contributed by atoms with Crippen LogP contribution in [0.3, 0.4) is 0 Å². The van der Waals surface area contributed by atoms with E-state index in [9.17, 15) is 14.4 Å². The van der Waals surface area contributed by atoms with Crippen LogP contribution in [-0.4, -0.2) is 62.4 Å². The summed E-state index contributed by atoms with van der Waals surface area (Å²) in [6.07, 6.45) is 3.56. The van der Waals surface area contributed by atoms with E-state index < -0.39 is 11.3 Å². The fraction of sp³-hybridized carbons (Fsp3) is 0.323. The summed E-state index contributed by atoms with van der Waals surface area (Å²) < 4.78 is 6.16. The molecule has 1 atom stereocenters. The van der Waals surface area contributed by atoms with Crippen LogP contribution in [0.25, 0.3) is 11.3 Å². The smallest absolute Gasteiger partial charge is 0.282 e. The fourth-order valence-electron chi connectivity index (χ4n) is 5.04. The van der Waals surface area contributed by atoms with Crippen LogP contribution in [0, 0.1) is 5.41 Å². The normalized spacial score (nSPS) is 15.5. The molecular formula is C31H31N7O4S. The molecule has 4 aromatic rings. The van der Waals surface area contributed by atoms with Gasteiger partial charge in [0.05, 0.1) is 11.1 Å². The maximum Gasteiger partial charge on any atom is 0.282 e. The van der Waals surface area contributed by atoms with Gasteiger partial charge >= 0.3 is 0 Å². The van der Waals surface area contributed by atoms with Gasteiger partial charge in [-0.25, -0.2) is 9.97 Å². The number of pyridine rings is 2. The third-order valence-electron chi connectivity index (χ3n) is 7.81. The van der Waals surface area contributed by atoms with Gasteiger partial charge in [0, 0.05) is 54.0 Å². The van der Waals surface area contributed by atoms with Gasteiger partial charge in [-0.3, -0.25) is 14.4 Å². The molecular weight excluding hydrogens is 566 g/mol. The Bertz CT molecular complexity index is 1720. The summed E-state index contributed by atoms with van der Waals surface area (Å²) >= 11 is 1.04. The maximum absolute atomic E-state index is 13.8. The quantitative estimate of drug-likeness (QED) is 0.293. The molecule has 11 nitrogen and oxygen atoms in total. The monoisotopic (exact) mass is 597 g/mol. The average Bonchev–Trinajstić information content (AvgIpc) is 3.71. The lowest BCUT2D eigenvalue weighted by atomic mass is 9.70. The second kappa shape index (κ2) is 11.2. The minimum atomic E-state index is -1.01. The Hall–Kier alpha value is -4.71. The van der Waals surface area contributed by atoms with E-state index in [1.54, 1.807) is 30.3 Å². The third kappa shape index (κ3) is 5.57. The van der Waals surface area contributed by atoms with E-state index in [-0.39, 0.29) is 33.9 Å². The first kappa shape index (κ1) is 28.4. The Morgan fingerprint density at radius 2 is 1.77 bits per heavy atom. The summed E-state index contributed by atoms with van der Waals surface area (Å²) in [6.45, 7) is 6.24. The zero-order valence-electron chi connectivity index (χ0n) is 24.2. The molecule has 3 amide bonds. The predicted molar refractivity (Wildman–Crippen MR) is 161 cm³/mol. The molecule has 1 aliphatic carbocycles. The van der Waals surface area contributed by atoms with Crippen molar-refractivity contribution >= 4 is 34.2 Å². The fourth-order valence-corrected chi connectivity index (χ4v) is 5.68. The van der Waals surface area contributed by atoms with E-state index in [1.165, 1.54) is 0 Å². The summed E-state index contributed by atoms with van der Waals surface area (Å²) in [4.78, 5) is 49.6. The Balaban J connectivity index is 1.28. The van der Waals surface area contributed by atoms with E-state index in [0.29, 0.717) is 29.6 Å². The highest BCUT2D eigenvalue weighted by atomic mass is 32.1. The topological polar surface area (TPSA) is 139 Å². The van der Waals surface area contributed by atoms with Crippen molar-refractivity contribution < 1.29 is 19.1 Å². The lowest BCUT2D eigenvalue weighted by Gasteiger charge is -2.37. The number of rotatable bonds is 8. The molecule has 6 rings (SSSR count). The van der Waals surface area contributed by atoms with Gasteiger partial charge in [-0.2, -0.15) is 0 Å². The summed E-state index contributed by atoms with van der Waals surface area (Å²) in [7, 11) is 1.77. The number of benzene rings is 1. The standard InChI is InChI=1S/C31H31N7O4S/c1-5-38(4)28(40)18-10-8-17(9-11-18)22-15-14-21-23(20-7-6-16-32-25(20)42-26(21)34-22)31(2,3)29(41)35-30-37-36-27(43-30)24(39)33-19-12-13-19/h6-11,14-16,19,23H,5,12-13H2,1-4H3,(H,33,39)(H,35,37,41). The number of anilines is 1. The second-order valence-electron chi connectivity index (χ2n) is 11.3. The summed E-state index contributed by atoms with van der Waals surface area (Å²) in [5, 5.41) is 14.2. The van der Waals surface area contributed by atoms with Crippen LogP contribution in [0.15, 0.2) is 54.7 Å². The molecule has 3 aromatic heterocycles. The number of carbonyl (C=O) groups excluding carboxylic acids is 3. The summed E-state index contributed by atoms with van der Waals surface area (Å²) in [5.74, 6) is -0.342. The molecule has 12 heteroatoms. The molecule has 2 N–H and O–H groups in total. The lowest BCUT2D eigenvalue weighted by Crippen LogP contribution is -2.38. The molecule has 4 heterocycles. The van der Waals surface area contributed by atoms with Crippen LogP contribution in [-0.2, 0) is 4.79 Å². The van der Waals surface area contributed by atoms with Crippen LogP contribution in [0.5, 0.6) is 11.8 Å². The number of nitrogens with zero attached hydrogens (tertiary/aromatic N) is 5. The maximum atomic E-state index is 13.8. The number of aromatic nitrogens is 4. The van der Waals surface area contributed by atoms with E-state index in [1.807, 2.05) is 57.2 Å². The number of carbonyl (C=O) groups is 3. The van der Waals surface area contributed by atoms with E-state index >= 15 is 0 Å². The van der Waals surface area contributed by atoms with Crippen LogP contribution in [0.2, 0.25) is 0 Å². The van der Waals surface area contributed by atoms with Gasteiger partial charge in [0.1, 0.15) is 0 Å². The molecule has 220 valence electrons. The van der Waals surface area contributed by atoms with E-state index in [2.05, 4.69) is 25.8 Å². The van der Waals surface area contributed by atoms with Gasteiger partial charge in [0.2, 0.25) is 27.8 Å². The number of fused-ring (bicyclic) bond motifs is 2. The molecule has 0 spiro atoms. The van der Waals surface area contributed by atoms with Crippen LogP contribution >= 0.6 is 11.3 Å². The Labute approximate surface area is 252 Å². The molecule has 0 saturated heterocycles. The van der Waals surface area contributed by atoms with E-state index in [0.717, 1.165) is 40.9 Å². The number of amides is 3. The lowest BCUT2D eigenvalue weighted by molar-refractivity contribution is -0.124. The molecule has 2 aliphatic rings. The first-order valence-corrected chi connectivity index (χ1v) is 14.9. The second-order valence-corrected chi connectivity index (χ2v) is 12.2. The van der Waals surface area contributed by atoms with Crippen molar-refractivity contribution in [2.24, 2.45) is 5.41 Å². The van der Waals surface area contributed by atoms with Crippen molar-refractivity contribution in [1.29, 1.82) is 0 Å². The largest absolute Gasteiger partial charge is 0.420 e. The van der Waals surface area contributed by atoms with Crippen molar-refractivity contribution in [2.75, 3.05) is 18.9 Å². The first-order chi connectivity index (χ1) is 20.7. The highest BCUT2D eigenvalue weighted by molar-refractivity contribution is 7.17. The molecule has 1 aromatic carbocycles. The van der Waals surface area contributed by atoms with Crippen LogP contribution < -0.4 is 15.4 Å². The SMILES string of the molecule is CCN(C)C(=O)c1ccc(-c2ccc3c(n2)Oc2ncccc2C3C(C)(C)C(=O)Nc2nnc(C(=O)NC3CC3)s2)cc1. The van der Waals surface area contributed by atoms with Gasteiger partial charge in [0.25, 0.3) is 11.8 Å². The van der Waals surface area contributed by atoms with Crippen LogP contribution in [0.1, 0.15) is 70.8 Å². The minimum Gasteiger partial charge on any atom is -0.420 e. The van der Waals surface area contributed by atoms with Crippen molar-refractivity contribution in [3.05, 3.63) is 76.4 Å². The summed E-state index contributed by atoms with van der Waals surface area (Å²) in [6, 6.07) is 15.0. The number of hydrogen-bond donors (Lipinski definition) is 2. The Morgan fingerprint density at radius 1 is 1.02 bits per heavy atom. The van der Waals surface area contributed by atoms with Gasteiger partial charge in [-0.15, -0.1) is 10.2 Å². The molecule has 0 radical (unpaired) electrons. The minimum absolute atomic E-state index is 0.0481. The first-order valence-electron chi connectivity index (χ1n) is 14.1. The molecule has 43 heavy (non-hydrogen) atoms. The molecule has 1 fully saturated rings. The Kier molecular flexibility index (Phi) is 7.38. The van der Waals surface area contributed by atoms with Crippen molar-refractivity contribution in [3.63, 3.8) is 0 Å². The van der Waals surface area contributed by atoms with Crippen molar-refractivity contribution in [3.8, 4) is 23.0 Å².